The van der Waals surface area contributed by atoms with Crippen LogP contribution in [0.3, 0.4) is 0 Å². The van der Waals surface area contributed by atoms with Gasteiger partial charge in [0.1, 0.15) is 6.61 Å². The first kappa shape index (κ1) is 22.1. The van der Waals surface area contributed by atoms with E-state index < -0.39 is 0 Å². The topological polar surface area (TPSA) is 72.8 Å². The van der Waals surface area contributed by atoms with Crippen LogP contribution in [0.5, 0.6) is 11.5 Å². The number of aromatic nitrogens is 1. The van der Waals surface area contributed by atoms with Gasteiger partial charge in [-0.25, -0.2) is 5.43 Å². The number of carbonyl (C=O) groups is 1. The molecule has 0 saturated carbocycles. The third-order valence-electron chi connectivity index (χ3n) is 4.00. The van der Waals surface area contributed by atoms with E-state index in [0.717, 1.165) is 0 Å². The minimum atomic E-state index is -0.337. The highest BCUT2D eigenvalue weighted by molar-refractivity contribution is 9.10. The molecule has 0 spiro atoms. The maximum atomic E-state index is 12.0. The largest absolute Gasteiger partial charge is 0.493 e. The van der Waals surface area contributed by atoms with Crippen LogP contribution in [0.15, 0.2) is 64.4 Å². The molecule has 9 heteroatoms. The standard InChI is InChI=1S/C21H16BrCl2N3O3/c1-29-19-10-13(11-26-27-21(28)14-5-7-25-8-6-14)9-16(22)20(19)30-12-15-17(23)3-2-4-18(15)24/h2-11H,12H2,1H3,(H,27,28)/b26-11-. The fourth-order valence-corrected chi connectivity index (χ4v) is 3.58. The molecule has 6 nitrogen and oxygen atoms in total. The number of hydrogen-bond donors (Lipinski definition) is 1. The SMILES string of the molecule is COc1cc(/C=N\NC(=O)c2ccncc2)cc(Br)c1OCc1c(Cl)cccc1Cl. The molecule has 1 N–H and O–H groups in total. The van der Waals surface area contributed by atoms with Crippen LogP contribution in [0.4, 0.5) is 0 Å². The number of hydrazone groups is 1. The van der Waals surface area contributed by atoms with Crippen LogP contribution in [-0.2, 0) is 6.61 Å². The van der Waals surface area contributed by atoms with Crippen molar-refractivity contribution in [1.82, 2.24) is 10.4 Å². The van der Waals surface area contributed by atoms with Crippen molar-refractivity contribution in [3.63, 3.8) is 0 Å². The number of methoxy groups -OCH3 is 1. The molecule has 0 atom stereocenters. The molecule has 0 aliphatic carbocycles. The predicted molar refractivity (Wildman–Crippen MR) is 121 cm³/mol. The Hall–Kier alpha value is -2.61. The zero-order valence-electron chi connectivity index (χ0n) is 15.7. The molecular formula is C21H16BrCl2N3O3. The average Bonchev–Trinajstić information content (AvgIpc) is 2.74. The lowest BCUT2D eigenvalue weighted by atomic mass is 10.2. The number of carbonyl (C=O) groups excluding carboxylic acids is 1. The number of halogens is 3. The number of benzene rings is 2. The predicted octanol–water partition coefficient (Wildman–Crippen LogP) is 5.50. The Balaban J connectivity index is 1.73. The van der Waals surface area contributed by atoms with Gasteiger partial charge in [0.15, 0.2) is 11.5 Å². The van der Waals surface area contributed by atoms with Gasteiger partial charge < -0.3 is 9.47 Å². The normalized spacial score (nSPS) is 10.8. The lowest BCUT2D eigenvalue weighted by Crippen LogP contribution is -2.17. The van der Waals surface area contributed by atoms with Gasteiger partial charge in [-0.3, -0.25) is 9.78 Å². The molecule has 1 aromatic heterocycles. The molecule has 0 unspecified atom stereocenters. The molecule has 30 heavy (non-hydrogen) atoms. The number of amides is 1. The Morgan fingerprint density at radius 1 is 1.20 bits per heavy atom. The maximum absolute atomic E-state index is 12.0. The smallest absolute Gasteiger partial charge is 0.271 e. The van der Waals surface area contributed by atoms with Crippen LogP contribution in [0.1, 0.15) is 21.5 Å². The van der Waals surface area contributed by atoms with Gasteiger partial charge in [0.25, 0.3) is 5.91 Å². The van der Waals surface area contributed by atoms with Gasteiger partial charge in [-0.15, -0.1) is 0 Å². The Kier molecular flexibility index (Phi) is 7.68. The summed E-state index contributed by atoms with van der Waals surface area (Å²) in [4.78, 5) is 15.9. The van der Waals surface area contributed by atoms with Gasteiger partial charge >= 0.3 is 0 Å². The molecule has 0 aliphatic heterocycles. The second-order valence-electron chi connectivity index (χ2n) is 5.96. The molecule has 0 bridgehead atoms. The minimum Gasteiger partial charge on any atom is -0.493 e. The first-order valence-electron chi connectivity index (χ1n) is 8.66. The summed E-state index contributed by atoms with van der Waals surface area (Å²) in [5.41, 5.74) is 4.30. The van der Waals surface area contributed by atoms with Crippen LogP contribution < -0.4 is 14.9 Å². The molecule has 154 valence electrons. The van der Waals surface area contributed by atoms with E-state index in [4.69, 9.17) is 32.7 Å². The lowest BCUT2D eigenvalue weighted by molar-refractivity contribution is 0.0955. The van der Waals surface area contributed by atoms with Crippen LogP contribution in [0.25, 0.3) is 0 Å². The van der Waals surface area contributed by atoms with Gasteiger partial charge in [-0.2, -0.15) is 5.10 Å². The maximum Gasteiger partial charge on any atom is 0.271 e. The van der Waals surface area contributed by atoms with E-state index in [0.29, 0.717) is 42.7 Å². The third-order valence-corrected chi connectivity index (χ3v) is 5.29. The van der Waals surface area contributed by atoms with Crippen molar-refractivity contribution >= 4 is 51.3 Å². The number of nitrogens with zero attached hydrogens (tertiary/aromatic N) is 2. The molecule has 3 aromatic rings. The summed E-state index contributed by atoms with van der Waals surface area (Å²) in [5.74, 6) is 0.636. The summed E-state index contributed by atoms with van der Waals surface area (Å²) in [6, 6.07) is 12.0. The molecule has 0 aliphatic rings. The van der Waals surface area contributed by atoms with Crippen molar-refractivity contribution in [2.75, 3.05) is 7.11 Å². The van der Waals surface area contributed by atoms with Crippen LogP contribution in [0.2, 0.25) is 10.0 Å². The summed E-state index contributed by atoms with van der Waals surface area (Å²) < 4.78 is 12.0. The van der Waals surface area contributed by atoms with Gasteiger partial charge in [0, 0.05) is 33.6 Å². The second-order valence-corrected chi connectivity index (χ2v) is 7.63. The zero-order valence-corrected chi connectivity index (χ0v) is 18.8. The number of hydrogen-bond acceptors (Lipinski definition) is 5. The van der Waals surface area contributed by atoms with Crippen molar-refractivity contribution < 1.29 is 14.3 Å². The average molecular weight is 509 g/mol. The highest BCUT2D eigenvalue weighted by Crippen LogP contribution is 2.37. The number of pyridine rings is 1. The molecule has 2 aromatic carbocycles. The molecule has 0 saturated heterocycles. The molecule has 1 amide bonds. The third kappa shape index (κ3) is 5.50. The number of ether oxygens (including phenoxy) is 2. The fraction of sp³-hybridized carbons (Fsp3) is 0.0952. The Morgan fingerprint density at radius 3 is 2.57 bits per heavy atom. The highest BCUT2D eigenvalue weighted by Gasteiger charge is 2.14. The van der Waals surface area contributed by atoms with E-state index in [2.05, 4.69) is 31.4 Å². The zero-order chi connectivity index (χ0) is 21.5. The van der Waals surface area contributed by atoms with E-state index in [-0.39, 0.29) is 12.5 Å². The fourth-order valence-electron chi connectivity index (χ4n) is 2.50. The minimum absolute atomic E-state index is 0.170. The van der Waals surface area contributed by atoms with Crippen molar-refractivity contribution in [2.24, 2.45) is 5.10 Å². The quantitative estimate of drug-likeness (QED) is 0.337. The summed E-state index contributed by atoms with van der Waals surface area (Å²) in [5, 5.41) is 5.02. The first-order chi connectivity index (χ1) is 14.5. The molecule has 3 rings (SSSR count). The Morgan fingerprint density at radius 2 is 1.90 bits per heavy atom. The van der Waals surface area contributed by atoms with Gasteiger partial charge in [-0.05, 0) is 57.9 Å². The first-order valence-corrected chi connectivity index (χ1v) is 10.2. The number of rotatable bonds is 7. The van der Waals surface area contributed by atoms with Crippen molar-refractivity contribution in [3.05, 3.63) is 86.1 Å². The summed E-state index contributed by atoms with van der Waals surface area (Å²) in [6.07, 6.45) is 4.57. The van der Waals surface area contributed by atoms with Gasteiger partial charge in [-0.1, -0.05) is 29.3 Å². The molecule has 1 heterocycles. The molecular weight excluding hydrogens is 493 g/mol. The second kappa shape index (κ2) is 10.4. The summed E-state index contributed by atoms with van der Waals surface area (Å²) in [7, 11) is 1.53. The van der Waals surface area contributed by atoms with Crippen molar-refractivity contribution in [3.8, 4) is 11.5 Å². The van der Waals surface area contributed by atoms with Crippen LogP contribution >= 0.6 is 39.1 Å². The lowest BCUT2D eigenvalue weighted by Gasteiger charge is -2.14. The van der Waals surface area contributed by atoms with Crippen molar-refractivity contribution in [2.45, 2.75) is 6.61 Å². The van der Waals surface area contributed by atoms with E-state index in [1.807, 2.05) is 0 Å². The summed E-state index contributed by atoms with van der Waals surface area (Å²) >= 11 is 15.9. The Bertz CT molecular complexity index is 1060. The van der Waals surface area contributed by atoms with Crippen LogP contribution in [0, 0.1) is 0 Å². The van der Waals surface area contributed by atoms with Crippen molar-refractivity contribution in [1.29, 1.82) is 0 Å². The monoisotopic (exact) mass is 507 g/mol. The van der Waals surface area contributed by atoms with E-state index in [9.17, 15) is 4.79 Å². The van der Waals surface area contributed by atoms with Crippen LogP contribution in [-0.4, -0.2) is 24.2 Å². The molecule has 0 fully saturated rings. The van der Waals surface area contributed by atoms with E-state index >= 15 is 0 Å². The Labute approximate surface area is 192 Å². The van der Waals surface area contributed by atoms with E-state index in [1.165, 1.54) is 25.7 Å². The number of nitrogens with one attached hydrogen (secondary N) is 1. The van der Waals surface area contributed by atoms with E-state index in [1.54, 1.807) is 42.5 Å². The highest BCUT2D eigenvalue weighted by atomic mass is 79.9. The summed E-state index contributed by atoms with van der Waals surface area (Å²) in [6.45, 7) is 0.170. The van der Waals surface area contributed by atoms with Gasteiger partial charge in [0.05, 0.1) is 17.8 Å². The molecule has 0 radical (unpaired) electrons. The van der Waals surface area contributed by atoms with Gasteiger partial charge in [0.2, 0.25) is 0 Å².